The van der Waals surface area contributed by atoms with E-state index < -0.39 is 12.6 Å². The summed E-state index contributed by atoms with van der Waals surface area (Å²) in [7, 11) is 0. The van der Waals surface area contributed by atoms with Crippen LogP contribution in [0.15, 0.2) is 18.3 Å². The molecule has 0 amide bonds. The van der Waals surface area contributed by atoms with E-state index in [2.05, 4.69) is 15.1 Å². The molecule has 0 atom stereocenters. The summed E-state index contributed by atoms with van der Waals surface area (Å²) in [6, 6.07) is 2.84. The summed E-state index contributed by atoms with van der Waals surface area (Å²) in [6.45, 7) is -0.600. The number of carboxylic acid groups (broad SMARTS) is 1. The summed E-state index contributed by atoms with van der Waals surface area (Å²) < 4.78 is 4.72. The van der Waals surface area contributed by atoms with Gasteiger partial charge in [-0.25, -0.2) is 4.79 Å². The quantitative estimate of drug-likeness (QED) is 0.787. The number of aliphatic carboxylic acids is 1. The number of carboxylic acids is 1. The minimum absolute atomic E-state index is 0.0204. The maximum Gasteiger partial charge on any atom is 0.341 e. The Balaban J connectivity index is 2.23. The predicted octanol–water partition coefficient (Wildman–Crippen LogP) is 0.694. The average molecular weight is 271 g/mol. The van der Waals surface area contributed by atoms with Crippen LogP contribution in [0.1, 0.15) is 0 Å². The van der Waals surface area contributed by atoms with Gasteiger partial charge in [-0.15, -0.1) is 0 Å². The van der Waals surface area contributed by atoms with E-state index in [1.54, 1.807) is 6.07 Å². The van der Waals surface area contributed by atoms with Gasteiger partial charge in [0.2, 0.25) is 5.82 Å². The van der Waals surface area contributed by atoms with E-state index >= 15 is 0 Å². The van der Waals surface area contributed by atoms with Crippen molar-refractivity contribution in [1.29, 1.82) is 0 Å². The lowest BCUT2D eigenvalue weighted by Crippen LogP contribution is -2.10. The van der Waals surface area contributed by atoms with Crippen LogP contribution in [-0.4, -0.2) is 42.8 Å². The standard InChI is InChI=1S/C9H7ClN4O4/c10-5-1-2-6(11-3-5)8-12-9(13-14(8)17)18-4-7(15)16/h1-3,17H,4H2,(H,15,16). The van der Waals surface area contributed by atoms with Crippen LogP contribution in [0.4, 0.5) is 0 Å². The third kappa shape index (κ3) is 2.66. The predicted molar refractivity (Wildman–Crippen MR) is 58.6 cm³/mol. The van der Waals surface area contributed by atoms with E-state index in [1.807, 2.05) is 0 Å². The molecule has 2 aromatic rings. The van der Waals surface area contributed by atoms with Crippen LogP contribution < -0.4 is 4.74 Å². The minimum atomic E-state index is -1.17. The molecule has 9 heteroatoms. The van der Waals surface area contributed by atoms with Gasteiger partial charge in [0.25, 0.3) is 0 Å². The van der Waals surface area contributed by atoms with Gasteiger partial charge in [0, 0.05) is 6.20 Å². The Morgan fingerprint density at radius 1 is 1.50 bits per heavy atom. The SMILES string of the molecule is O=C(O)COc1nc(-c2ccc(Cl)cn2)n(O)n1. The Hall–Kier alpha value is -2.35. The number of carbonyl (C=O) groups is 1. The zero-order valence-electron chi connectivity index (χ0n) is 8.82. The number of rotatable bonds is 4. The van der Waals surface area contributed by atoms with E-state index in [4.69, 9.17) is 21.4 Å². The Morgan fingerprint density at radius 3 is 2.89 bits per heavy atom. The van der Waals surface area contributed by atoms with Gasteiger partial charge in [-0.2, -0.15) is 4.98 Å². The maximum absolute atomic E-state index is 10.3. The number of hydrogen-bond donors (Lipinski definition) is 2. The molecule has 0 aliphatic rings. The normalized spacial score (nSPS) is 10.3. The van der Waals surface area contributed by atoms with Gasteiger partial charge in [0.05, 0.1) is 5.02 Å². The fourth-order valence-electron chi connectivity index (χ4n) is 1.14. The molecule has 2 rings (SSSR count). The van der Waals surface area contributed by atoms with Crippen molar-refractivity contribution in [2.24, 2.45) is 0 Å². The van der Waals surface area contributed by atoms with Crippen LogP contribution >= 0.6 is 11.6 Å². The van der Waals surface area contributed by atoms with Crippen LogP contribution in [0, 0.1) is 0 Å². The molecule has 94 valence electrons. The molecule has 0 spiro atoms. The fourth-order valence-corrected chi connectivity index (χ4v) is 1.25. The van der Waals surface area contributed by atoms with E-state index in [0.29, 0.717) is 15.6 Å². The number of pyridine rings is 1. The lowest BCUT2D eigenvalue weighted by Gasteiger charge is -1.96. The summed E-state index contributed by atoms with van der Waals surface area (Å²) in [6.07, 6.45) is 1.38. The molecule has 0 bridgehead atoms. The molecular formula is C9H7ClN4O4. The minimum Gasteiger partial charge on any atom is -0.479 e. The van der Waals surface area contributed by atoms with Crippen LogP contribution in [0.5, 0.6) is 6.01 Å². The largest absolute Gasteiger partial charge is 0.479 e. The topological polar surface area (TPSA) is 110 Å². The highest BCUT2D eigenvalue weighted by Crippen LogP contribution is 2.18. The number of aromatic nitrogens is 4. The highest BCUT2D eigenvalue weighted by Gasteiger charge is 2.14. The average Bonchev–Trinajstić information content (AvgIpc) is 2.69. The van der Waals surface area contributed by atoms with Crippen molar-refractivity contribution in [3.8, 4) is 17.5 Å². The fraction of sp³-hybridized carbons (Fsp3) is 0.111. The summed E-state index contributed by atoms with van der Waals surface area (Å²) in [5, 5.41) is 21.8. The smallest absolute Gasteiger partial charge is 0.341 e. The zero-order valence-corrected chi connectivity index (χ0v) is 9.57. The second-order valence-corrected chi connectivity index (χ2v) is 3.59. The number of nitrogens with zero attached hydrogens (tertiary/aromatic N) is 4. The van der Waals surface area contributed by atoms with Gasteiger partial charge in [-0.05, 0) is 12.1 Å². The summed E-state index contributed by atoms with van der Waals surface area (Å²) in [4.78, 5) is 18.5. The van der Waals surface area contributed by atoms with E-state index in [9.17, 15) is 10.0 Å². The van der Waals surface area contributed by atoms with Gasteiger partial charge in [0.15, 0.2) is 6.61 Å². The Morgan fingerprint density at radius 2 is 2.28 bits per heavy atom. The van der Waals surface area contributed by atoms with Gasteiger partial charge >= 0.3 is 12.0 Å². The summed E-state index contributed by atoms with van der Waals surface area (Å²) in [5.74, 6) is -1.15. The third-order valence-corrected chi connectivity index (χ3v) is 2.08. The van der Waals surface area contributed by atoms with Crippen molar-refractivity contribution in [2.75, 3.05) is 6.61 Å². The molecule has 0 aliphatic heterocycles. The van der Waals surface area contributed by atoms with E-state index in [-0.39, 0.29) is 11.8 Å². The zero-order chi connectivity index (χ0) is 13.1. The van der Waals surface area contributed by atoms with Crippen LogP contribution in [0.3, 0.4) is 0 Å². The van der Waals surface area contributed by atoms with Crippen LogP contribution in [0.25, 0.3) is 11.5 Å². The number of ether oxygens (including phenoxy) is 1. The lowest BCUT2D eigenvalue weighted by atomic mass is 10.3. The number of hydrogen-bond acceptors (Lipinski definition) is 6. The van der Waals surface area contributed by atoms with Crippen LogP contribution in [0.2, 0.25) is 5.02 Å². The monoisotopic (exact) mass is 270 g/mol. The highest BCUT2D eigenvalue weighted by atomic mass is 35.5. The summed E-state index contributed by atoms with van der Waals surface area (Å²) >= 11 is 5.67. The molecule has 0 aromatic carbocycles. The second-order valence-electron chi connectivity index (χ2n) is 3.15. The van der Waals surface area contributed by atoms with Crippen molar-refractivity contribution < 1.29 is 19.8 Å². The van der Waals surface area contributed by atoms with Gasteiger partial charge in [0.1, 0.15) is 5.69 Å². The molecule has 2 heterocycles. The van der Waals surface area contributed by atoms with Crippen molar-refractivity contribution >= 4 is 17.6 Å². The van der Waals surface area contributed by atoms with Crippen LogP contribution in [-0.2, 0) is 4.79 Å². The molecule has 0 saturated carbocycles. The number of halogens is 1. The van der Waals surface area contributed by atoms with Gasteiger partial charge < -0.3 is 15.1 Å². The van der Waals surface area contributed by atoms with E-state index in [0.717, 1.165) is 0 Å². The van der Waals surface area contributed by atoms with E-state index in [1.165, 1.54) is 12.3 Å². The highest BCUT2D eigenvalue weighted by molar-refractivity contribution is 6.30. The molecule has 18 heavy (non-hydrogen) atoms. The van der Waals surface area contributed by atoms with Gasteiger partial charge in [-0.3, -0.25) is 4.98 Å². The Labute approximate surface area is 105 Å². The molecular weight excluding hydrogens is 264 g/mol. The second kappa shape index (κ2) is 4.88. The molecule has 2 N–H and O–H groups in total. The third-order valence-electron chi connectivity index (χ3n) is 1.85. The molecule has 0 fully saturated rings. The molecule has 2 aromatic heterocycles. The molecule has 0 radical (unpaired) electrons. The summed E-state index contributed by atoms with van der Waals surface area (Å²) in [5.41, 5.74) is 0.319. The molecule has 0 unspecified atom stereocenters. The maximum atomic E-state index is 10.3. The Bertz CT molecular complexity index is 568. The van der Waals surface area contributed by atoms with Gasteiger partial charge in [-0.1, -0.05) is 21.5 Å². The Kier molecular flexibility index (Phi) is 3.28. The lowest BCUT2D eigenvalue weighted by molar-refractivity contribution is -0.139. The van der Waals surface area contributed by atoms with Crippen molar-refractivity contribution in [3.63, 3.8) is 0 Å². The first kappa shape index (κ1) is 12.1. The molecule has 0 saturated heterocycles. The first-order chi connectivity index (χ1) is 8.56. The van der Waals surface area contributed by atoms with Crippen molar-refractivity contribution in [3.05, 3.63) is 23.4 Å². The van der Waals surface area contributed by atoms with Crippen molar-refractivity contribution in [2.45, 2.75) is 0 Å². The first-order valence-corrected chi connectivity index (χ1v) is 5.07. The molecule has 0 aliphatic carbocycles. The van der Waals surface area contributed by atoms with Crippen molar-refractivity contribution in [1.82, 2.24) is 19.9 Å². The molecule has 8 nitrogen and oxygen atoms in total. The first-order valence-electron chi connectivity index (χ1n) is 4.69.